The molecule has 0 radical (unpaired) electrons. The molecular formula is C17H27N3O. The normalized spacial score (nSPS) is 21.7. The second-order valence-corrected chi connectivity index (χ2v) is 5.79. The van der Waals surface area contributed by atoms with Gasteiger partial charge in [0.1, 0.15) is 0 Å². The van der Waals surface area contributed by atoms with Crippen molar-refractivity contribution >= 4 is 11.6 Å². The summed E-state index contributed by atoms with van der Waals surface area (Å²) in [5, 5.41) is 2.95. The third kappa shape index (κ3) is 4.55. The fraction of sp³-hybridized carbons (Fsp3) is 0.588. The van der Waals surface area contributed by atoms with Gasteiger partial charge in [-0.05, 0) is 44.0 Å². The van der Waals surface area contributed by atoms with E-state index in [1.54, 1.807) is 0 Å². The Balaban J connectivity index is 1.81. The van der Waals surface area contributed by atoms with Crippen molar-refractivity contribution in [2.45, 2.75) is 38.6 Å². The first-order chi connectivity index (χ1) is 10.2. The molecule has 2 atom stereocenters. The molecule has 1 aliphatic carbocycles. The molecule has 2 unspecified atom stereocenters. The van der Waals surface area contributed by atoms with Crippen LogP contribution in [-0.4, -0.2) is 36.5 Å². The summed E-state index contributed by atoms with van der Waals surface area (Å²) in [5.41, 5.74) is 6.74. The molecule has 0 spiro atoms. The van der Waals surface area contributed by atoms with Gasteiger partial charge in [-0.2, -0.15) is 0 Å². The minimum absolute atomic E-state index is 0.0851. The Bertz CT molecular complexity index is 435. The van der Waals surface area contributed by atoms with Crippen molar-refractivity contribution in [2.75, 3.05) is 25.0 Å². The number of amides is 1. The highest BCUT2D eigenvalue weighted by Crippen LogP contribution is 2.29. The van der Waals surface area contributed by atoms with Gasteiger partial charge in [0, 0.05) is 24.7 Å². The van der Waals surface area contributed by atoms with E-state index in [9.17, 15) is 4.79 Å². The predicted octanol–water partition coefficient (Wildman–Crippen LogP) is 2.46. The van der Waals surface area contributed by atoms with E-state index >= 15 is 0 Å². The lowest BCUT2D eigenvalue weighted by atomic mass is 10.0. The zero-order valence-corrected chi connectivity index (χ0v) is 12.9. The number of para-hydroxylation sites is 1. The Labute approximate surface area is 127 Å². The zero-order valence-electron chi connectivity index (χ0n) is 12.9. The second-order valence-electron chi connectivity index (χ2n) is 5.79. The number of hydrogen-bond donors (Lipinski definition) is 2. The molecule has 0 heterocycles. The summed E-state index contributed by atoms with van der Waals surface area (Å²) >= 11 is 0. The number of carbonyl (C=O) groups is 1. The van der Waals surface area contributed by atoms with Crippen LogP contribution in [0.3, 0.4) is 0 Å². The van der Waals surface area contributed by atoms with E-state index in [0.29, 0.717) is 18.4 Å². The average Bonchev–Trinajstić information content (AvgIpc) is 2.97. The number of rotatable bonds is 7. The summed E-state index contributed by atoms with van der Waals surface area (Å²) in [6.45, 7) is 4.73. The molecule has 4 nitrogen and oxygen atoms in total. The Morgan fingerprint density at radius 1 is 1.33 bits per heavy atom. The summed E-state index contributed by atoms with van der Waals surface area (Å²) in [6.07, 6.45) is 4.25. The minimum Gasteiger partial charge on any atom is -0.330 e. The van der Waals surface area contributed by atoms with Crippen molar-refractivity contribution in [1.82, 2.24) is 4.90 Å². The minimum atomic E-state index is 0.0851. The lowest BCUT2D eigenvalue weighted by molar-refractivity contribution is -0.116. The van der Waals surface area contributed by atoms with E-state index in [0.717, 1.165) is 25.3 Å². The zero-order chi connectivity index (χ0) is 15.1. The van der Waals surface area contributed by atoms with Gasteiger partial charge in [-0.1, -0.05) is 31.5 Å². The molecule has 0 bridgehead atoms. The molecule has 4 heteroatoms. The summed E-state index contributed by atoms with van der Waals surface area (Å²) in [5.74, 6) is 0.684. The summed E-state index contributed by atoms with van der Waals surface area (Å²) < 4.78 is 0. The van der Waals surface area contributed by atoms with Crippen LogP contribution in [0.4, 0.5) is 5.69 Å². The smallest absolute Gasteiger partial charge is 0.225 e. The van der Waals surface area contributed by atoms with Gasteiger partial charge in [-0.15, -0.1) is 0 Å². The molecule has 2 rings (SSSR count). The highest BCUT2D eigenvalue weighted by molar-refractivity contribution is 5.90. The number of benzene rings is 1. The summed E-state index contributed by atoms with van der Waals surface area (Å²) in [7, 11) is 0. The quantitative estimate of drug-likeness (QED) is 0.810. The third-order valence-corrected chi connectivity index (χ3v) is 4.48. The summed E-state index contributed by atoms with van der Waals surface area (Å²) in [4.78, 5) is 14.5. The molecule has 1 aromatic rings. The highest BCUT2D eigenvalue weighted by Gasteiger charge is 2.30. The monoisotopic (exact) mass is 289 g/mol. The van der Waals surface area contributed by atoms with Crippen LogP contribution in [0.15, 0.2) is 30.3 Å². The molecule has 21 heavy (non-hydrogen) atoms. The van der Waals surface area contributed by atoms with Crippen LogP contribution in [0.5, 0.6) is 0 Å². The van der Waals surface area contributed by atoms with Crippen LogP contribution < -0.4 is 11.1 Å². The van der Waals surface area contributed by atoms with Crippen molar-refractivity contribution in [3.8, 4) is 0 Å². The number of nitrogens with two attached hydrogens (primary N) is 1. The van der Waals surface area contributed by atoms with Gasteiger partial charge >= 0.3 is 0 Å². The maximum absolute atomic E-state index is 12.0. The number of carbonyl (C=O) groups excluding carboxylic acids is 1. The van der Waals surface area contributed by atoms with Crippen LogP contribution in [0.2, 0.25) is 0 Å². The second kappa shape index (κ2) is 8.15. The van der Waals surface area contributed by atoms with Gasteiger partial charge in [0.05, 0.1) is 0 Å². The highest BCUT2D eigenvalue weighted by atomic mass is 16.1. The van der Waals surface area contributed by atoms with Gasteiger partial charge < -0.3 is 11.1 Å². The largest absolute Gasteiger partial charge is 0.330 e. The molecule has 0 aromatic heterocycles. The van der Waals surface area contributed by atoms with Gasteiger partial charge in [-0.25, -0.2) is 0 Å². The fourth-order valence-corrected chi connectivity index (χ4v) is 3.32. The van der Waals surface area contributed by atoms with Gasteiger partial charge in [0.25, 0.3) is 0 Å². The van der Waals surface area contributed by atoms with Crippen LogP contribution >= 0.6 is 0 Å². The Kier molecular flexibility index (Phi) is 6.21. The predicted molar refractivity (Wildman–Crippen MR) is 87.1 cm³/mol. The molecule has 1 aromatic carbocycles. The molecule has 0 saturated heterocycles. The molecule has 1 aliphatic rings. The first-order valence-corrected chi connectivity index (χ1v) is 8.03. The fourth-order valence-electron chi connectivity index (χ4n) is 3.32. The van der Waals surface area contributed by atoms with E-state index in [4.69, 9.17) is 5.73 Å². The first kappa shape index (κ1) is 16.0. The molecule has 1 saturated carbocycles. The van der Waals surface area contributed by atoms with Crippen molar-refractivity contribution < 1.29 is 4.79 Å². The molecule has 1 fully saturated rings. The number of nitrogens with zero attached hydrogens (tertiary/aromatic N) is 1. The van der Waals surface area contributed by atoms with E-state index in [1.807, 2.05) is 30.3 Å². The lowest BCUT2D eigenvalue weighted by Gasteiger charge is -2.31. The first-order valence-electron chi connectivity index (χ1n) is 8.03. The molecule has 3 N–H and O–H groups in total. The molecule has 0 aliphatic heterocycles. The number of anilines is 1. The molecular weight excluding hydrogens is 262 g/mol. The Hall–Kier alpha value is -1.39. The van der Waals surface area contributed by atoms with E-state index in [1.165, 1.54) is 19.3 Å². The third-order valence-electron chi connectivity index (χ3n) is 4.48. The Morgan fingerprint density at radius 3 is 2.76 bits per heavy atom. The van der Waals surface area contributed by atoms with E-state index < -0.39 is 0 Å². The summed E-state index contributed by atoms with van der Waals surface area (Å²) in [6, 6.07) is 10.2. The van der Waals surface area contributed by atoms with Crippen LogP contribution in [0.1, 0.15) is 32.6 Å². The van der Waals surface area contributed by atoms with Crippen molar-refractivity contribution in [1.29, 1.82) is 0 Å². The van der Waals surface area contributed by atoms with Crippen LogP contribution in [-0.2, 0) is 4.79 Å². The van der Waals surface area contributed by atoms with Crippen molar-refractivity contribution in [3.05, 3.63) is 30.3 Å². The number of nitrogens with one attached hydrogen (secondary N) is 1. The average molecular weight is 289 g/mol. The Morgan fingerprint density at radius 2 is 2.10 bits per heavy atom. The molecule has 1 amide bonds. The van der Waals surface area contributed by atoms with Gasteiger partial charge in [-0.3, -0.25) is 9.69 Å². The van der Waals surface area contributed by atoms with E-state index in [-0.39, 0.29) is 5.91 Å². The van der Waals surface area contributed by atoms with Crippen LogP contribution in [0.25, 0.3) is 0 Å². The lowest BCUT2D eigenvalue weighted by Crippen LogP contribution is -2.41. The maximum atomic E-state index is 12.0. The molecule has 116 valence electrons. The van der Waals surface area contributed by atoms with E-state index in [2.05, 4.69) is 17.1 Å². The SMILES string of the molecule is CCN(CCC(=O)Nc1ccccc1)C1CCCC1CN. The van der Waals surface area contributed by atoms with Crippen molar-refractivity contribution in [3.63, 3.8) is 0 Å². The van der Waals surface area contributed by atoms with Crippen LogP contribution in [0, 0.1) is 5.92 Å². The van der Waals surface area contributed by atoms with Crippen molar-refractivity contribution in [2.24, 2.45) is 11.7 Å². The van der Waals surface area contributed by atoms with Gasteiger partial charge in [0.15, 0.2) is 0 Å². The standard InChI is InChI=1S/C17H27N3O/c1-2-20(16-10-6-7-14(16)13-18)12-11-17(21)19-15-8-4-3-5-9-15/h3-5,8-9,14,16H,2,6-7,10-13,18H2,1H3,(H,19,21). The van der Waals surface area contributed by atoms with Gasteiger partial charge in [0.2, 0.25) is 5.91 Å². The maximum Gasteiger partial charge on any atom is 0.225 e. The number of hydrogen-bond acceptors (Lipinski definition) is 3. The topological polar surface area (TPSA) is 58.4 Å².